The maximum Gasteiger partial charge on any atom is 0.260 e. The number of rotatable bonds is 6. The Morgan fingerprint density at radius 1 is 1.09 bits per heavy atom. The van der Waals surface area contributed by atoms with Crippen molar-refractivity contribution in [3.05, 3.63) is 29.8 Å². The summed E-state index contributed by atoms with van der Waals surface area (Å²) in [5, 5.41) is 0. The second-order valence-electron chi connectivity index (χ2n) is 6.28. The summed E-state index contributed by atoms with van der Waals surface area (Å²) in [4.78, 5) is 25.8. The Hall–Kier alpha value is -1.84. The molecule has 22 heavy (non-hydrogen) atoms. The lowest BCUT2D eigenvalue weighted by Gasteiger charge is -2.26. The smallest absolute Gasteiger partial charge is 0.260 e. The van der Waals surface area contributed by atoms with E-state index in [1.54, 1.807) is 24.3 Å². The number of nitrogens with zero attached hydrogens (tertiary/aromatic N) is 1. The van der Waals surface area contributed by atoms with Gasteiger partial charge in [0.25, 0.3) is 5.91 Å². The molecule has 1 aromatic carbocycles. The monoisotopic (exact) mass is 303 g/mol. The van der Waals surface area contributed by atoms with Crippen molar-refractivity contribution in [3.63, 3.8) is 0 Å². The molecule has 0 saturated carbocycles. The van der Waals surface area contributed by atoms with Crippen molar-refractivity contribution < 1.29 is 14.3 Å². The Labute approximate surface area is 132 Å². The number of Topliss-reactive ketones (excluding diaryl/α,β-unsaturated/α-hetero) is 1. The van der Waals surface area contributed by atoms with Gasteiger partial charge in [-0.1, -0.05) is 13.8 Å². The fourth-order valence-electron chi connectivity index (χ4n) is 2.61. The summed E-state index contributed by atoms with van der Waals surface area (Å²) in [5.74, 6) is 1.17. The number of ether oxygens (including phenoxy) is 1. The number of piperidine rings is 1. The molecule has 2 rings (SSSR count). The average molecular weight is 303 g/mol. The van der Waals surface area contributed by atoms with Gasteiger partial charge in [-0.15, -0.1) is 0 Å². The third kappa shape index (κ3) is 4.86. The van der Waals surface area contributed by atoms with E-state index in [9.17, 15) is 9.59 Å². The van der Waals surface area contributed by atoms with E-state index < -0.39 is 0 Å². The van der Waals surface area contributed by atoms with Crippen LogP contribution in [0.3, 0.4) is 0 Å². The van der Waals surface area contributed by atoms with Gasteiger partial charge in [0.15, 0.2) is 12.4 Å². The number of hydrogen-bond acceptors (Lipinski definition) is 3. The molecule has 0 bridgehead atoms. The molecular weight excluding hydrogens is 278 g/mol. The first-order valence-corrected chi connectivity index (χ1v) is 8.10. The van der Waals surface area contributed by atoms with Crippen molar-refractivity contribution in [2.45, 2.75) is 39.5 Å². The van der Waals surface area contributed by atoms with Crippen LogP contribution in [0.4, 0.5) is 0 Å². The van der Waals surface area contributed by atoms with E-state index in [-0.39, 0.29) is 18.3 Å². The molecule has 0 radical (unpaired) electrons. The van der Waals surface area contributed by atoms with Gasteiger partial charge in [0, 0.05) is 25.1 Å². The second kappa shape index (κ2) is 7.97. The molecule has 0 atom stereocenters. The summed E-state index contributed by atoms with van der Waals surface area (Å²) in [6.07, 6.45) is 3.92. The van der Waals surface area contributed by atoms with Gasteiger partial charge in [-0.25, -0.2) is 0 Å². The van der Waals surface area contributed by atoms with Gasteiger partial charge < -0.3 is 9.64 Å². The highest BCUT2D eigenvalue weighted by molar-refractivity contribution is 5.96. The van der Waals surface area contributed by atoms with Crippen LogP contribution in [0.25, 0.3) is 0 Å². The molecular formula is C18H25NO3. The van der Waals surface area contributed by atoms with Crippen LogP contribution in [0.2, 0.25) is 0 Å². The van der Waals surface area contributed by atoms with E-state index in [0.29, 0.717) is 23.7 Å². The summed E-state index contributed by atoms with van der Waals surface area (Å²) in [7, 11) is 0. The van der Waals surface area contributed by atoms with E-state index in [4.69, 9.17) is 4.74 Å². The lowest BCUT2D eigenvalue weighted by molar-refractivity contribution is -0.134. The number of carbonyl (C=O) groups excluding carboxylic acids is 2. The molecule has 0 unspecified atom stereocenters. The Morgan fingerprint density at radius 2 is 1.73 bits per heavy atom. The first-order chi connectivity index (χ1) is 10.6. The number of amides is 1. The summed E-state index contributed by atoms with van der Waals surface area (Å²) in [6.45, 7) is 5.80. The van der Waals surface area contributed by atoms with Crippen LogP contribution in [-0.2, 0) is 4.79 Å². The highest BCUT2D eigenvalue weighted by Gasteiger charge is 2.16. The summed E-state index contributed by atoms with van der Waals surface area (Å²) in [5.41, 5.74) is 0.698. The zero-order valence-electron chi connectivity index (χ0n) is 13.5. The van der Waals surface area contributed by atoms with Crippen molar-refractivity contribution in [1.29, 1.82) is 0 Å². The molecule has 1 heterocycles. The Balaban J connectivity index is 1.83. The van der Waals surface area contributed by atoms with E-state index >= 15 is 0 Å². The molecule has 1 aliphatic rings. The van der Waals surface area contributed by atoms with Crippen LogP contribution < -0.4 is 4.74 Å². The number of benzene rings is 1. The van der Waals surface area contributed by atoms with Crippen LogP contribution in [0, 0.1) is 5.92 Å². The molecule has 0 N–H and O–H groups in total. The highest BCUT2D eigenvalue weighted by atomic mass is 16.5. The first-order valence-electron chi connectivity index (χ1n) is 8.10. The Bertz CT molecular complexity index is 502. The molecule has 1 aromatic rings. The normalized spacial score (nSPS) is 15.0. The molecule has 1 aliphatic heterocycles. The maximum absolute atomic E-state index is 12.0. The van der Waals surface area contributed by atoms with Crippen LogP contribution in [-0.4, -0.2) is 36.3 Å². The third-order valence-corrected chi connectivity index (χ3v) is 3.84. The van der Waals surface area contributed by atoms with Gasteiger partial charge in [-0.2, -0.15) is 0 Å². The quantitative estimate of drug-likeness (QED) is 0.757. The molecule has 0 aromatic heterocycles. The van der Waals surface area contributed by atoms with E-state index in [1.807, 2.05) is 18.7 Å². The van der Waals surface area contributed by atoms with Crippen LogP contribution in [0.5, 0.6) is 5.75 Å². The van der Waals surface area contributed by atoms with Gasteiger partial charge in [-0.05, 0) is 49.4 Å². The second-order valence-corrected chi connectivity index (χ2v) is 6.28. The highest BCUT2D eigenvalue weighted by Crippen LogP contribution is 2.16. The first kappa shape index (κ1) is 16.5. The van der Waals surface area contributed by atoms with Gasteiger partial charge in [-0.3, -0.25) is 9.59 Å². The molecule has 1 fully saturated rings. The van der Waals surface area contributed by atoms with Gasteiger partial charge in [0.2, 0.25) is 0 Å². The number of carbonyl (C=O) groups is 2. The lowest BCUT2D eigenvalue weighted by Crippen LogP contribution is -2.38. The molecule has 1 amide bonds. The van der Waals surface area contributed by atoms with Gasteiger partial charge >= 0.3 is 0 Å². The number of likely N-dealkylation sites (tertiary alicyclic amines) is 1. The molecule has 1 saturated heterocycles. The van der Waals surface area contributed by atoms with Crippen molar-refractivity contribution >= 4 is 11.7 Å². The topological polar surface area (TPSA) is 46.6 Å². The summed E-state index contributed by atoms with van der Waals surface area (Å²) >= 11 is 0. The van der Waals surface area contributed by atoms with Crippen LogP contribution >= 0.6 is 0 Å². The average Bonchev–Trinajstić information content (AvgIpc) is 2.53. The fourth-order valence-corrected chi connectivity index (χ4v) is 2.61. The zero-order chi connectivity index (χ0) is 15.9. The Morgan fingerprint density at radius 3 is 2.32 bits per heavy atom. The predicted molar refractivity (Wildman–Crippen MR) is 86.2 cm³/mol. The number of hydrogen-bond donors (Lipinski definition) is 0. The van der Waals surface area contributed by atoms with Gasteiger partial charge in [0.1, 0.15) is 5.75 Å². The van der Waals surface area contributed by atoms with Crippen LogP contribution in [0.15, 0.2) is 24.3 Å². The minimum absolute atomic E-state index is 0.0414. The number of ketones is 1. The predicted octanol–water partition coefficient (Wildman–Crippen LogP) is 3.31. The SMILES string of the molecule is CC(C)CC(=O)c1ccc(OCC(=O)N2CCCCC2)cc1. The largest absolute Gasteiger partial charge is 0.484 e. The van der Waals surface area contributed by atoms with Crippen molar-refractivity contribution in [2.24, 2.45) is 5.92 Å². The summed E-state index contributed by atoms with van der Waals surface area (Å²) in [6, 6.07) is 7.06. The van der Waals surface area contributed by atoms with Gasteiger partial charge in [0.05, 0.1) is 0 Å². The Kier molecular flexibility index (Phi) is 5.99. The molecule has 4 nitrogen and oxygen atoms in total. The third-order valence-electron chi connectivity index (χ3n) is 3.84. The van der Waals surface area contributed by atoms with E-state index in [2.05, 4.69) is 0 Å². The minimum Gasteiger partial charge on any atom is -0.484 e. The van der Waals surface area contributed by atoms with E-state index in [1.165, 1.54) is 6.42 Å². The molecule has 0 aliphatic carbocycles. The zero-order valence-corrected chi connectivity index (χ0v) is 13.5. The van der Waals surface area contributed by atoms with Crippen molar-refractivity contribution in [2.75, 3.05) is 19.7 Å². The van der Waals surface area contributed by atoms with Crippen molar-refractivity contribution in [3.8, 4) is 5.75 Å². The minimum atomic E-state index is 0.0414. The fraction of sp³-hybridized carbons (Fsp3) is 0.556. The van der Waals surface area contributed by atoms with E-state index in [0.717, 1.165) is 25.9 Å². The summed E-state index contributed by atoms with van der Waals surface area (Å²) < 4.78 is 5.53. The maximum atomic E-state index is 12.0. The molecule has 120 valence electrons. The molecule has 4 heteroatoms. The lowest BCUT2D eigenvalue weighted by atomic mass is 10.0. The standard InChI is InChI=1S/C18H25NO3/c1-14(2)12-17(20)15-6-8-16(9-7-15)22-13-18(21)19-10-4-3-5-11-19/h6-9,14H,3-5,10-13H2,1-2H3. The molecule has 0 spiro atoms. The van der Waals surface area contributed by atoms with Crippen molar-refractivity contribution in [1.82, 2.24) is 4.90 Å². The van der Waals surface area contributed by atoms with Crippen LogP contribution in [0.1, 0.15) is 49.9 Å².